The van der Waals surface area contributed by atoms with Crippen molar-refractivity contribution in [3.8, 4) is 0 Å². The number of hydrogen-bond acceptors (Lipinski definition) is 3. The molecule has 0 aliphatic carbocycles. The van der Waals surface area contributed by atoms with Crippen LogP contribution < -0.4 is 5.73 Å². The molecule has 0 radical (unpaired) electrons. The van der Waals surface area contributed by atoms with Gasteiger partial charge in [-0.2, -0.15) is 0 Å². The summed E-state index contributed by atoms with van der Waals surface area (Å²) in [7, 11) is 0. The Morgan fingerprint density at radius 2 is 2.06 bits per heavy atom. The highest BCUT2D eigenvalue weighted by atomic mass is 19.1. The lowest BCUT2D eigenvalue weighted by Gasteiger charge is -2.28. The largest absolute Gasteiger partial charge is 0.320 e. The van der Waals surface area contributed by atoms with Crippen LogP contribution in [0.4, 0.5) is 4.39 Å². The zero-order valence-electron chi connectivity index (χ0n) is 9.23. The SMILES string of the molecule is NC1CCC(=O)N(Cc2ccccc2F)C1=O. The third-order valence-electron chi connectivity index (χ3n) is 2.84. The van der Waals surface area contributed by atoms with Crippen LogP contribution in [-0.2, 0) is 16.1 Å². The summed E-state index contributed by atoms with van der Waals surface area (Å²) in [6.45, 7) is -0.0436. The number of hydrogen-bond donors (Lipinski definition) is 1. The maximum atomic E-state index is 13.4. The summed E-state index contributed by atoms with van der Waals surface area (Å²) in [5.41, 5.74) is 5.91. The summed E-state index contributed by atoms with van der Waals surface area (Å²) in [6, 6.07) is 5.42. The lowest BCUT2D eigenvalue weighted by atomic mass is 10.0. The number of nitrogens with zero attached hydrogens (tertiary/aromatic N) is 1. The second-order valence-corrected chi connectivity index (χ2v) is 4.05. The predicted octanol–water partition coefficient (Wildman–Crippen LogP) is 0.802. The molecule has 1 unspecified atom stereocenters. The van der Waals surface area contributed by atoms with Crippen molar-refractivity contribution < 1.29 is 14.0 Å². The molecule has 2 N–H and O–H groups in total. The van der Waals surface area contributed by atoms with Crippen molar-refractivity contribution in [2.45, 2.75) is 25.4 Å². The second-order valence-electron chi connectivity index (χ2n) is 4.05. The Balaban J connectivity index is 2.20. The molecule has 1 aromatic rings. The Morgan fingerprint density at radius 1 is 1.35 bits per heavy atom. The van der Waals surface area contributed by atoms with Crippen LogP contribution in [0.2, 0.25) is 0 Å². The van der Waals surface area contributed by atoms with E-state index >= 15 is 0 Å². The molecule has 1 aliphatic rings. The number of piperidine rings is 1. The van der Waals surface area contributed by atoms with Gasteiger partial charge in [0.15, 0.2) is 0 Å². The summed E-state index contributed by atoms with van der Waals surface area (Å²) < 4.78 is 13.4. The van der Waals surface area contributed by atoms with Gasteiger partial charge in [0.2, 0.25) is 11.8 Å². The first kappa shape index (κ1) is 11.7. The monoisotopic (exact) mass is 236 g/mol. The van der Waals surface area contributed by atoms with Crippen LogP contribution in [0.25, 0.3) is 0 Å². The van der Waals surface area contributed by atoms with E-state index in [-0.39, 0.29) is 18.9 Å². The van der Waals surface area contributed by atoms with Crippen molar-refractivity contribution in [3.63, 3.8) is 0 Å². The molecular formula is C12H13FN2O2. The van der Waals surface area contributed by atoms with Gasteiger partial charge in [0, 0.05) is 12.0 Å². The Bertz CT molecular complexity index is 462. The summed E-state index contributed by atoms with van der Waals surface area (Å²) in [6.07, 6.45) is 0.604. The van der Waals surface area contributed by atoms with E-state index in [0.717, 1.165) is 4.90 Å². The maximum absolute atomic E-state index is 13.4. The molecule has 90 valence electrons. The molecule has 1 aliphatic heterocycles. The molecule has 1 fully saturated rings. The van der Waals surface area contributed by atoms with Crippen molar-refractivity contribution >= 4 is 11.8 Å². The molecule has 0 bridgehead atoms. The van der Waals surface area contributed by atoms with Crippen LogP contribution in [-0.4, -0.2) is 22.8 Å². The molecule has 5 heteroatoms. The van der Waals surface area contributed by atoms with Gasteiger partial charge < -0.3 is 5.73 Å². The number of likely N-dealkylation sites (tertiary alicyclic amines) is 1. The fourth-order valence-corrected chi connectivity index (χ4v) is 1.82. The molecule has 17 heavy (non-hydrogen) atoms. The van der Waals surface area contributed by atoms with E-state index < -0.39 is 17.8 Å². The zero-order chi connectivity index (χ0) is 12.4. The van der Waals surface area contributed by atoms with Gasteiger partial charge in [-0.15, -0.1) is 0 Å². The minimum Gasteiger partial charge on any atom is -0.320 e. The molecule has 1 heterocycles. The zero-order valence-corrected chi connectivity index (χ0v) is 9.23. The molecule has 0 spiro atoms. The molecule has 4 nitrogen and oxygen atoms in total. The predicted molar refractivity (Wildman–Crippen MR) is 59.2 cm³/mol. The van der Waals surface area contributed by atoms with Crippen LogP contribution in [0.5, 0.6) is 0 Å². The van der Waals surface area contributed by atoms with Gasteiger partial charge in [0.25, 0.3) is 0 Å². The lowest BCUT2D eigenvalue weighted by Crippen LogP contribution is -2.50. The van der Waals surface area contributed by atoms with Gasteiger partial charge in [-0.3, -0.25) is 14.5 Å². The van der Waals surface area contributed by atoms with E-state index in [9.17, 15) is 14.0 Å². The molecule has 0 saturated carbocycles. The fourth-order valence-electron chi connectivity index (χ4n) is 1.82. The highest BCUT2D eigenvalue weighted by Crippen LogP contribution is 2.16. The molecule has 2 amide bonds. The summed E-state index contributed by atoms with van der Waals surface area (Å²) in [5.74, 6) is -1.14. The van der Waals surface area contributed by atoms with Gasteiger partial charge in [0.05, 0.1) is 12.6 Å². The fraction of sp³-hybridized carbons (Fsp3) is 0.333. The molecule has 1 atom stereocenters. The number of amides is 2. The summed E-state index contributed by atoms with van der Waals surface area (Å²) >= 11 is 0. The van der Waals surface area contributed by atoms with Crippen LogP contribution >= 0.6 is 0 Å². The topological polar surface area (TPSA) is 63.4 Å². The molecule has 1 aromatic carbocycles. The standard InChI is InChI=1S/C12H13FN2O2/c13-9-4-2-1-3-8(9)7-15-11(16)6-5-10(14)12(15)17/h1-4,10H,5-7,14H2. The Morgan fingerprint density at radius 3 is 2.76 bits per heavy atom. The van der Waals surface area contributed by atoms with Crippen LogP contribution in [0, 0.1) is 5.82 Å². The lowest BCUT2D eigenvalue weighted by molar-refractivity contribution is -0.149. The Hall–Kier alpha value is -1.75. The second kappa shape index (κ2) is 4.63. The van der Waals surface area contributed by atoms with E-state index in [1.54, 1.807) is 18.2 Å². The number of imide groups is 1. The highest BCUT2D eigenvalue weighted by molar-refractivity contribution is 6.00. The average Bonchev–Trinajstić information content (AvgIpc) is 2.32. The van der Waals surface area contributed by atoms with Crippen molar-refractivity contribution in [2.24, 2.45) is 5.73 Å². The minimum atomic E-state index is -0.653. The van der Waals surface area contributed by atoms with Gasteiger partial charge in [-0.1, -0.05) is 18.2 Å². The van der Waals surface area contributed by atoms with Crippen molar-refractivity contribution in [3.05, 3.63) is 35.6 Å². The first-order chi connectivity index (χ1) is 8.09. The first-order valence-electron chi connectivity index (χ1n) is 5.43. The third-order valence-corrected chi connectivity index (χ3v) is 2.84. The maximum Gasteiger partial charge on any atom is 0.246 e. The molecular weight excluding hydrogens is 223 g/mol. The van der Waals surface area contributed by atoms with Crippen LogP contribution in [0.15, 0.2) is 24.3 Å². The normalized spacial score (nSPS) is 20.8. The Kier molecular flexibility index (Phi) is 3.19. The van der Waals surface area contributed by atoms with Crippen LogP contribution in [0.3, 0.4) is 0 Å². The van der Waals surface area contributed by atoms with E-state index in [1.165, 1.54) is 6.07 Å². The highest BCUT2D eigenvalue weighted by Gasteiger charge is 2.32. The Labute approximate surface area is 98.2 Å². The summed E-state index contributed by atoms with van der Waals surface area (Å²) in [4.78, 5) is 24.3. The minimum absolute atomic E-state index is 0.0436. The van der Waals surface area contributed by atoms with Crippen molar-refractivity contribution in [1.29, 1.82) is 0 Å². The number of rotatable bonds is 2. The molecule has 2 rings (SSSR count). The van der Waals surface area contributed by atoms with Gasteiger partial charge in [-0.05, 0) is 12.5 Å². The van der Waals surface area contributed by atoms with E-state index in [1.807, 2.05) is 0 Å². The number of halogens is 1. The van der Waals surface area contributed by atoms with Crippen molar-refractivity contribution in [2.75, 3.05) is 0 Å². The van der Waals surface area contributed by atoms with Gasteiger partial charge in [-0.25, -0.2) is 4.39 Å². The van der Waals surface area contributed by atoms with Gasteiger partial charge >= 0.3 is 0 Å². The van der Waals surface area contributed by atoms with Crippen molar-refractivity contribution in [1.82, 2.24) is 4.90 Å². The van der Waals surface area contributed by atoms with E-state index in [4.69, 9.17) is 5.73 Å². The van der Waals surface area contributed by atoms with E-state index in [0.29, 0.717) is 12.0 Å². The molecule has 1 saturated heterocycles. The number of carbonyl (C=O) groups excluding carboxylic acids is 2. The number of benzene rings is 1. The number of nitrogens with two attached hydrogens (primary N) is 1. The average molecular weight is 236 g/mol. The number of carbonyl (C=O) groups is 2. The van der Waals surface area contributed by atoms with Crippen LogP contribution in [0.1, 0.15) is 18.4 Å². The third kappa shape index (κ3) is 2.34. The van der Waals surface area contributed by atoms with E-state index in [2.05, 4.69) is 0 Å². The first-order valence-corrected chi connectivity index (χ1v) is 5.43. The quantitative estimate of drug-likeness (QED) is 0.772. The van der Waals surface area contributed by atoms with Gasteiger partial charge in [0.1, 0.15) is 5.82 Å². The smallest absolute Gasteiger partial charge is 0.246 e. The molecule has 0 aromatic heterocycles. The summed E-state index contributed by atoms with van der Waals surface area (Å²) in [5, 5.41) is 0.